The van der Waals surface area contributed by atoms with Gasteiger partial charge < -0.3 is 11.1 Å². The molecule has 1 aromatic heterocycles. The van der Waals surface area contributed by atoms with E-state index in [9.17, 15) is 0 Å². The van der Waals surface area contributed by atoms with Crippen molar-refractivity contribution in [1.82, 2.24) is 4.98 Å². The van der Waals surface area contributed by atoms with Gasteiger partial charge in [0.2, 0.25) is 0 Å². The number of hydrogen-bond donors (Lipinski definition) is 2. The van der Waals surface area contributed by atoms with Crippen molar-refractivity contribution in [3.8, 4) is 12.3 Å². The number of terminal acetylenes is 1. The van der Waals surface area contributed by atoms with E-state index in [4.69, 9.17) is 12.2 Å². The molecule has 1 rings (SSSR count). The van der Waals surface area contributed by atoms with Gasteiger partial charge in [-0.2, -0.15) is 0 Å². The van der Waals surface area contributed by atoms with Crippen molar-refractivity contribution < 1.29 is 0 Å². The first kappa shape index (κ1) is 10.7. The molecule has 1 aromatic rings. The Morgan fingerprint density at radius 1 is 1.64 bits per heavy atom. The molecule has 0 fully saturated rings. The lowest BCUT2D eigenvalue weighted by atomic mass is 10.4. The van der Waals surface area contributed by atoms with Crippen molar-refractivity contribution in [3.63, 3.8) is 0 Å². The fourth-order valence-corrected chi connectivity index (χ4v) is 1.45. The highest BCUT2D eigenvalue weighted by Gasteiger charge is 1.96. The summed E-state index contributed by atoms with van der Waals surface area (Å²) < 4.78 is 0. The molecule has 0 saturated heterocycles. The second-order valence-corrected chi connectivity index (χ2v) is 3.73. The van der Waals surface area contributed by atoms with Crippen molar-refractivity contribution in [2.45, 2.75) is 0 Å². The third-order valence-electron chi connectivity index (χ3n) is 1.56. The van der Waals surface area contributed by atoms with E-state index in [0.717, 1.165) is 23.9 Å². The first-order valence-corrected chi connectivity index (χ1v) is 5.45. The molecular formula is C10H13N3S. The number of hydrogen-bond acceptors (Lipinski definition) is 4. The molecule has 74 valence electrons. The number of anilines is 2. The van der Waals surface area contributed by atoms with Gasteiger partial charge >= 0.3 is 0 Å². The van der Waals surface area contributed by atoms with E-state index < -0.39 is 0 Å². The van der Waals surface area contributed by atoms with Crippen molar-refractivity contribution in [3.05, 3.63) is 18.3 Å². The molecule has 0 atom stereocenters. The summed E-state index contributed by atoms with van der Waals surface area (Å²) in [4.78, 5) is 4.11. The summed E-state index contributed by atoms with van der Waals surface area (Å²) in [6, 6.07) is 3.64. The lowest BCUT2D eigenvalue weighted by Crippen LogP contribution is -2.07. The molecule has 3 N–H and O–H groups in total. The lowest BCUT2D eigenvalue weighted by molar-refractivity contribution is 1.17. The zero-order valence-electron chi connectivity index (χ0n) is 7.86. The molecule has 0 spiro atoms. The summed E-state index contributed by atoms with van der Waals surface area (Å²) in [6.07, 6.45) is 6.84. The van der Waals surface area contributed by atoms with Gasteiger partial charge in [-0.3, -0.25) is 0 Å². The predicted octanol–water partition coefficient (Wildman–Crippen LogP) is 1.44. The van der Waals surface area contributed by atoms with E-state index in [-0.39, 0.29) is 0 Å². The molecule has 0 bridgehead atoms. The van der Waals surface area contributed by atoms with Gasteiger partial charge in [0.25, 0.3) is 0 Å². The van der Waals surface area contributed by atoms with Crippen molar-refractivity contribution in [1.29, 1.82) is 0 Å². The van der Waals surface area contributed by atoms with Crippen LogP contribution in [-0.4, -0.2) is 23.0 Å². The van der Waals surface area contributed by atoms with Gasteiger partial charge in [0.05, 0.1) is 11.4 Å². The van der Waals surface area contributed by atoms with E-state index >= 15 is 0 Å². The fourth-order valence-electron chi connectivity index (χ4n) is 0.938. The summed E-state index contributed by atoms with van der Waals surface area (Å²) in [5.74, 6) is 5.02. The zero-order chi connectivity index (χ0) is 10.2. The van der Waals surface area contributed by atoms with Crippen LogP contribution in [0.4, 0.5) is 11.5 Å². The van der Waals surface area contributed by atoms with Crippen molar-refractivity contribution in [2.24, 2.45) is 0 Å². The highest BCUT2D eigenvalue weighted by molar-refractivity contribution is 7.99. The summed E-state index contributed by atoms with van der Waals surface area (Å²) in [7, 11) is 0. The molecule has 0 radical (unpaired) electrons. The van der Waals surface area contributed by atoms with Gasteiger partial charge in [0.1, 0.15) is 5.82 Å². The Labute approximate surface area is 88.5 Å². The summed E-state index contributed by atoms with van der Waals surface area (Å²) in [5.41, 5.74) is 6.37. The molecule has 4 heteroatoms. The largest absolute Gasteiger partial charge is 0.396 e. The molecule has 0 saturated carbocycles. The smallest absolute Gasteiger partial charge is 0.149 e. The highest BCUT2D eigenvalue weighted by Crippen LogP contribution is 2.12. The Morgan fingerprint density at radius 3 is 3.21 bits per heavy atom. The highest BCUT2D eigenvalue weighted by atomic mass is 32.2. The maximum absolute atomic E-state index is 5.70. The maximum Gasteiger partial charge on any atom is 0.149 e. The van der Waals surface area contributed by atoms with E-state index in [2.05, 4.69) is 16.2 Å². The second-order valence-electron chi connectivity index (χ2n) is 2.62. The SMILES string of the molecule is C#CCSCCNc1ncccc1N. The first-order chi connectivity index (χ1) is 6.84. The predicted molar refractivity (Wildman–Crippen MR) is 63.3 cm³/mol. The fraction of sp³-hybridized carbons (Fsp3) is 0.300. The average molecular weight is 207 g/mol. The standard InChI is InChI=1S/C10H13N3S/c1-2-7-14-8-6-13-10-9(11)4-3-5-12-10/h1,3-5H,6-8,11H2,(H,12,13). The van der Waals surface area contributed by atoms with Gasteiger partial charge in [0.15, 0.2) is 0 Å². The number of rotatable bonds is 5. The van der Waals surface area contributed by atoms with Crippen LogP contribution in [0.5, 0.6) is 0 Å². The molecule has 0 amide bonds. The molecule has 0 aliphatic carbocycles. The Kier molecular flexibility index (Phi) is 4.73. The number of nitrogens with two attached hydrogens (primary N) is 1. The van der Waals surface area contributed by atoms with Crippen molar-refractivity contribution >= 4 is 23.3 Å². The number of thioether (sulfide) groups is 1. The molecule has 0 aliphatic rings. The normalized spacial score (nSPS) is 9.36. The van der Waals surface area contributed by atoms with Crippen LogP contribution in [0.2, 0.25) is 0 Å². The molecule has 0 unspecified atom stereocenters. The Morgan fingerprint density at radius 2 is 2.50 bits per heavy atom. The van der Waals surface area contributed by atoms with E-state index in [0.29, 0.717) is 5.69 Å². The molecule has 1 heterocycles. The van der Waals surface area contributed by atoms with Gasteiger partial charge in [-0.25, -0.2) is 4.98 Å². The molecule has 0 aliphatic heterocycles. The number of nitrogen functional groups attached to an aromatic ring is 1. The number of aromatic nitrogens is 1. The van der Waals surface area contributed by atoms with Gasteiger partial charge in [0, 0.05) is 18.5 Å². The van der Waals surface area contributed by atoms with E-state index in [1.165, 1.54) is 0 Å². The maximum atomic E-state index is 5.70. The van der Waals surface area contributed by atoms with E-state index in [1.807, 2.05) is 12.1 Å². The molecular weight excluding hydrogens is 194 g/mol. The van der Waals surface area contributed by atoms with Gasteiger partial charge in [-0.05, 0) is 12.1 Å². The first-order valence-electron chi connectivity index (χ1n) is 4.30. The Bertz CT molecular complexity index is 319. The number of nitrogens with one attached hydrogen (secondary N) is 1. The lowest BCUT2D eigenvalue weighted by Gasteiger charge is -2.06. The summed E-state index contributed by atoms with van der Waals surface area (Å²) >= 11 is 1.71. The third kappa shape index (κ3) is 3.58. The van der Waals surface area contributed by atoms with Crippen molar-refractivity contribution in [2.75, 3.05) is 29.1 Å². The van der Waals surface area contributed by atoms with Gasteiger partial charge in [-0.1, -0.05) is 5.92 Å². The van der Waals surface area contributed by atoms with Crippen LogP contribution in [0, 0.1) is 12.3 Å². The minimum atomic E-state index is 0.675. The Balaban J connectivity index is 2.25. The van der Waals surface area contributed by atoms with Crippen LogP contribution in [0.25, 0.3) is 0 Å². The quantitative estimate of drug-likeness (QED) is 0.566. The molecule has 0 aromatic carbocycles. The summed E-state index contributed by atoms with van der Waals surface area (Å²) in [5, 5.41) is 3.15. The topological polar surface area (TPSA) is 50.9 Å². The van der Waals surface area contributed by atoms with Gasteiger partial charge in [-0.15, -0.1) is 18.2 Å². The van der Waals surface area contributed by atoms with Crippen LogP contribution in [-0.2, 0) is 0 Å². The van der Waals surface area contributed by atoms with Crippen LogP contribution >= 0.6 is 11.8 Å². The number of pyridine rings is 1. The van der Waals surface area contributed by atoms with Crippen LogP contribution in [0.15, 0.2) is 18.3 Å². The van der Waals surface area contributed by atoms with Crippen LogP contribution in [0.3, 0.4) is 0 Å². The summed E-state index contributed by atoms with van der Waals surface area (Å²) in [6.45, 7) is 0.827. The van der Waals surface area contributed by atoms with Crippen LogP contribution < -0.4 is 11.1 Å². The third-order valence-corrected chi connectivity index (χ3v) is 2.43. The minimum Gasteiger partial charge on any atom is -0.396 e. The zero-order valence-corrected chi connectivity index (χ0v) is 8.68. The molecule has 14 heavy (non-hydrogen) atoms. The Hall–Kier alpha value is -1.34. The van der Waals surface area contributed by atoms with Crippen LogP contribution in [0.1, 0.15) is 0 Å². The average Bonchev–Trinajstić information content (AvgIpc) is 2.20. The second kappa shape index (κ2) is 6.17. The minimum absolute atomic E-state index is 0.675. The molecule has 3 nitrogen and oxygen atoms in total. The van der Waals surface area contributed by atoms with E-state index in [1.54, 1.807) is 18.0 Å². The number of nitrogens with zero attached hydrogens (tertiary/aromatic N) is 1. The monoisotopic (exact) mass is 207 g/mol.